The molecule has 20 heavy (non-hydrogen) atoms. The summed E-state index contributed by atoms with van der Waals surface area (Å²) < 4.78 is 0. The predicted molar refractivity (Wildman–Crippen MR) is 84.2 cm³/mol. The van der Waals surface area contributed by atoms with E-state index in [9.17, 15) is 4.79 Å². The van der Waals surface area contributed by atoms with Crippen LogP contribution in [0, 0.1) is 5.92 Å². The lowest BCUT2D eigenvalue weighted by Crippen LogP contribution is -2.26. The van der Waals surface area contributed by atoms with Gasteiger partial charge in [-0.3, -0.25) is 4.79 Å². The molecule has 1 saturated carbocycles. The first kappa shape index (κ1) is 15.1. The van der Waals surface area contributed by atoms with E-state index in [0.29, 0.717) is 29.2 Å². The van der Waals surface area contributed by atoms with Crippen LogP contribution in [0.1, 0.15) is 55.6 Å². The van der Waals surface area contributed by atoms with Crippen molar-refractivity contribution in [3.63, 3.8) is 0 Å². The molecular formula is C14H24N4OS. The predicted octanol–water partition coefficient (Wildman–Crippen LogP) is 2.86. The summed E-state index contributed by atoms with van der Waals surface area (Å²) in [5.41, 5.74) is 5.83. The third-order valence-corrected chi connectivity index (χ3v) is 4.54. The molecule has 0 bridgehead atoms. The molecule has 0 aromatic carbocycles. The lowest BCUT2D eigenvalue weighted by Gasteiger charge is -2.25. The maximum Gasteiger partial charge on any atom is 0.265 e. The molecule has 0 spiro atoms. The second kappa shape index (κ2) is 6.92. The average Bonchev–Trinajstić information content (AvgIpc) is 2.70. The Morgan fingerprint density at radius 1 is 1.50 bits per heavy atom. The molecule has 0 atom stereocenters. The van der Waals surface area contributed by atoms with Crippen molar-refractivity contribution in [2.24, 2.45) is 5.92 Å². The van der Waals surface area contributed by atoms with E-state index in [1.165, 1.54) is 30.6 Å². The normalized spacial score (nSPS) is 15.2. The molecule has 1 heterocycles. The quantitative estimate of drug-likeness (QED) is 0.676. The number of hydrogen-bond donors (Lipinski definition) is 3. The lowest BCUT2D eigenvalue weighted by atomic mass is 9.93. The topological polar surface area (TPSA) is 80.0 Å². The Labute approximate surface area is 124 Å². The third-order valence-electron chi connectivity index (χ3n) is 3.54. The fourth-order valence-electron chi connectivity index (χ4n) is 2.08. The van der Waals surface area contributed by atoms with Crippen LogP contribution in [-0.4, -0.2) is 23.5 Å². The van der Waals surface area contributed by atoms with E-state index >= 15 is 0 Å². The van der Waals surface area contributed by atoms with Crippen molar-refractivity contribution in [2.45, 2.75) is 52.0 Å². The molecule has 1 fully saturated rings. The first-order chi connectivity index (χ1) is 9.56. The second-order valence-corrected chi connectivity index (χ2v) is 6.80. The van der Waals surface area contributed by atoms with Gasteiger partial charge >= 0.3 is 0 Å². The molecular weight excluding hydrogens is 272 g/mol. The van der Waals surface area contributed by atoms with Gasteiger partial charge in [0.15, 0.2) is 5.13 Å². The number of carbonyl (C=O) groups is 1. The van der Waals surface area contributed by atoms with E-state index in [2.05, 4.69) is 29.5 Å². The van der Waals surface area contributed by atoms with E-state index in [4.69, 9.17) is 5.73 Å². The summed E-state index contributed by atoms with van der Waals surface area (Å²) in [7, 11) is 0. The number of aromatic nitrogens is 1. The minimum atomic E-state index is -0.106. The van der Waals surface area contributed by atoms with Crippen molar-refractivity contribution in [1.82, 2.24) is 10.3 Å². The van der Waals surface area contributed by atoms with Crippen LogP contribution in [0.3, 0.4) is 0 Å². The zero-order chi connectivity index (χ0) is 14.5. The van der Waals surface area contributed by atoms with Gasteiger partial charge in [-0.25, -0.2) is 4.98 Å². The van der Waals surface area contributed by atoms with E-state index in [0.717, 1.165) is 18.0 Å². The number of hydrogen-bond acceptors (Lipinski definition) is 5. The molecule has 1 aliphatic carbocycles. The number of carbonyl (C=O) groups excluding carboxylic acids is 1. The molecule has 1 aliphatic rings. The van der Waals surface area contributed by atoms with Crippen molar-refractivity contribution in [1.29, 1.82) is 0 Å². The van der Waals surface area contributed by atoms with Gasteiger partial charge in [0.2, 0.25) is 0 Å². The highest BCUT2D eigenvalue weighted by Gasteiger charge is 2.21. The molecule has 0 aliphatic heterocycles. The number of anilines is 2. The number of rotatable bonds is 7. The molecule has 5 nitrogen and oxygen atoms in total. The number of amides is 1. The zero-order valence-electron chi connectivity index (χ0n) is 12.2. The zero-order valence-corrected chi connectivity index (χ0v) is 13.1. The molecule has 6 heteroatoms. The monoisotopic (exact) mass is 296 g/mol. The largest absolute Gasteiger partial charge is 0.382 e. The van der Waals surface area contributed by atoms with Crippen LogP contribution in [0.25, 0.3) is 0 Å². The standard InChI is InChI=1S/C14H24N4OS/c1-9(2)5-4-8-16-13(19)11-12(15)18-14(20-11)17-10-6-3-7-10/h9-10H,3-8,15H2,1-2H3,(H,16,19)(H,17,18). The Bertz CT molecular complexity index is 454. The van der Waals surface area contributed by atoms with Crippen molar-refractivity contribution >= 4 is 28.2 Å². The Morgan fingerprint density at radius 3 is 2.85 bits per heavy atom. The first-order valence-electron chi connectivity index (χ1n) is 7.37. The van der Waals surface area contributed by atoms with Gasteiger partial charge in [0.1, 0.15) is 10.7 Å². The molecule has 4 N–H and O–H groups in total. The lowest BCUT2D eigenvalue weighted by molar-refractivity contribution is 0.0957. The van der Waals surface area contributed by atoms with Crippen LogP contribution in [-0.2, 0) is 0 Å². The van der Waals surface area contributed by atoms with E-state index in [-0.39, 0.29) is 5.91 Å². The summed E-state index contributed by atoms with van der Waals surface area (Å²) in [5, 5.41) is 7.00. The second-order valence-electron chi connectivity index (χ2n) is 5.80. The van der Waals surface area contributed by atoms with Gasteiger partial charge in [-0.15, -0.1) is 0 Å². The number of nitrogens with two attached hydrogens (primary N) is 1. The van der Waals surface area contributed by atoms with E-state index < -0.39 is 0 Å². The average molecular weight is 296 g/mol. The van der Waals surface area contributed by atoms with Gasteiger partial charge in [0, 0.05) is 12.6 Å². The fraction of sp³-hybridized carbons (Fsp3) is 0.714. The van der Waals surface area contributed by atoms with Crippen LogP contribution < -0.4 is 16.4 Å². The van der Waals surface area contributed by atoms with Crippen LogP contribution >= 0.6 is 11.3 Å². The highest BCUT2D eigenvalue weighted by Crippen LogP contribution is 2.29. The van der Waals surface area contributed by atoms with Crippen LogP contribution in [0.4, 0.5) is 10.9 Å². The van der Waals surface area contributed by atoms with Crippen LogP contribution in [0.5, 0.6) is 0 Å². The molecule has 1 aromatic heterocycles. The van der Waals surface area contributed by atoms with Gasteiger partial charge in [0.05, 0.1) is 0 Å². The SMILES string of the molecule is CC(C)CCCNC(=O)c1sc(NC2CCC2)nc1N. The fourth-order valence-corrected chi connectivity index (χ4v) is 2.95. The minimum Gasteiger partial charge on any atom is -0.382 e. The van der Waals surface area contributed by atoms with Gasteiger partial charge in [-0.05, 0) is 38.0 Å². The minimum absolute atomic E-state index is 0.106. The van der Waals surface area contributed by atoms with Crippen molar-refractivity contribution in [3.8, 4) is 0 Å². The van der Waals surface area contributed by atoms with E-state index in [1.54, 1.807) is 0 Å². The maximum absolute atomic E-state index is 12.0. The van der Waals surface area contributed by atoms with Gasteiger partial charge in [0.25, 0.3) is 5.91 Å². The van der Waals surface area contributed by atoms with Crippen LogP contribution in [0.15, 0.2) is 0 Å². The smallest absolute Gasteiger partial charge is 0.265 e. The summed E-state index contributed by atoms with van der Waals surface area (Å²) in [6, 6.07) is 0.502. The Morgan fingerprint density at radius 2 is 2.25 bits per heavy atom. The summed E-state index contributed by atoms with van der Waals surface area (Å²) >= 11 is 1.35. The number of nitrogens with one attached hydrogen (secondary N) is 2. The summed E-state index contributed by atoms with van der Waals surface area (Å²) in [6.45, 7) is 5.06. The van der Waals surface area contributed by atoms with Crippen LogP contribution in [0.2, 0.25) is 0 Å². The maximum atomic E-state index is 12.0. The molecule has 0 saturated heterocycles. The molecule has 112 valence electrons. The number of thiazole rings is 1. The highest BCUT2D eigenvalue weighted by atomic mass is 32.1. The van der Waals surface area contributed by atoms with Crippen molar-refractivity contribution in [3.05, 3.63) is 4.88 Å². The Hall–Kier alpha value is -1.30. The highest BCUT2D eigenvalue weighted by molar-refractivity contribution is 7.18. The van der Waals surface area contributed by atoms with Gasteiger partial charge in [-0.1, -0.05) is 25.2 Å². The van der Waals surface area contributed by atoms with Crippen molar-refractivity contribution in [2.75, 3.05) is 17.6 Å². The van der Waals surface area contributed by atoms with E-state index in [1.807, 2.05) is 0 Å². The molecule has 0 unspecified atom stereocenters. The van der Waals surface area contributed by atoms with Crippen molar-refractivity contribution < 1.29 is 4.79 Å². The summed E-state index contributed by atoms with van der Waals surface area (Å²) in [4.78, 5) is 16.8. The third kappa shape index (κ3) is 4.10. The Kier molecular flexibility index (Phi) is 5.23. The molecule has 1 aromatic rings. The first-order valence-corrected chi connectivity index (χ1v) is 8.19. The Balaban J connectivity index is 1.82. The summed E-state index contributed by atoms with van der Waals surface area (Å²) in [6.07, 6.45) is 5.73. The summed E-state index contributed by atoms with van der Waals surface area (Å²) in [5.74, 6) is 0.891. The molecule has 0 radical (unpaired) electrons. The number of nitrogen functional groups attached to an aromatic ring is 1. The number of nitrogens with zero attached hydrogens (tertiary/aromatic N) is 1. The van der Waals surface area contributed by atoms with Gasteiger partial charge < -0.3 is 16.4 Å². The van der Waals surface area contributed by atoms with Gasteiger partial charge in [-0.2, -0.15) is 0 Å². The molecule has 2 rings (SSSR count). The molecule has 1 amide bonds.